The summed E-state index contributed by atoms with van der Waals surface area (Å²) in [6.07, 6.45) is 0. The largest absolute Gasteiger partial charge is 0.395 e. The van der Waals surface area contributed by atoms with Crippen molar-refractivity contribution in [3.63, 3.8) is 0 Å². The van der Waals surface area contributed by atoms with Crippen LogP contribution in [0.15, 0.2) is 46.9 Å². The second kappa shape index (κ2) is 7.64. The highest BCUT2D eigenvalue weighted by Gasteiger charge is 2.16. The first-order valence-electron chi connectivity index (χ1n) is 6.61. The van der Waals surface area contributed by atoms with Crippen molar-refractivity contribution in [1.29, 1.82) is 0 Å². The third kappa shape index (κ3) is 4.33. The first-order chi connectivity index (χ1) is 10.1. The van der Waals surface area contributed by atoms with Crippen LogP contribution < -0.4 is 0 Å². The van der Waals surface area contributed by atoms with Crippen molar-refractivity contribution >= 4 is 15.9 Å². The van der Waals surface area contributed by atoms with Crippen molar-refractivity contribution in [3.8, 4) is 0 Å². The number of halogens is 3. The van der Waals surface area contributed by atoms with E-state index in [1.165, 1.54) is 12.1 Å². The van der Waals surface area contributed by atoms with Crippen LogP contribution in [-0.4, -0.2) is 23.2 Å². The number of nitrogens with zero attached hydrogens (tertiary/aromatic N) is 1. The maximum absolute atomic E-state index is 14.0. The molecule has 2 aromatic carbocycles. The van der Waals surface area contributed by atoms with E-state index in [1.807, 2.05) is 35.2 Å². The second-order valence-corrected chi connectivity index (χ2v) is 5.60. The van der Waals surface area contributed by atoms with Crippen LogP contribution in [-0.2, 0) is 13.1 Å². The molecule has 21 heavy (non-hydrogen) atoms. The van der Waals surface area contributed by atoms with Crippen molar-refractivity contribution in [1.82, 2.24) is 4.90 Å². The molecule has 0 aromatic heterocycles. The summed E-state index contributed by atoms with van der Waals surface area (Å²) < 4.78 is 28.1. The first-order valence-corrected chi connectivity index (χ1v) is 7.40. The molecule has 0 bridgehead atoms. The van der Waals surface area contributed by atoms with E-state index in [9.17, 15) is 8.78 Å². The van der Waals surface area contributed by atoms with Crippen molar-refractivity contribution < 1.29 is 13.9 Å². The van der Waals surface area contributed by atoms with E-state index in [0.717, 1.165) is 5.56 Å². The fourth-order valence-corrected chi connectivity index (χ4v) is 2.51. The Morgan fingerprint density at radius 2 is 1.71 bits per heavy atom. The summed E-state index contributed by atoms with van der Waals surface area (Å²) in [7, 11) is 0. The summed E-state index contributed by atoms with van der Waals surface area (Å²) in [4.78, 5) is 1.81. The van der Waals surface area contributed by atoms with Gasteiger partial charge in [-0.2, -0.15) is 0 Å². The zero-order valence-corrected chi connectivity index (χ0v) is 13.0. The molecule has 0 aliphatic heterocycles. The van der Waals surface area contributed by atoms with Gasteiger partial charge in [0, 0.05) is 25.2 Å². The van der Waals surface area contributed by atoms with Gasteiger partial charge in [-0.3, -0.25) is 4.90 Å². The zero-order valence-electron chi connectivity index (χ0n) is 11.4. The fraction of sp³-hybridized carbons (Fsp3) is 0.250. The molecule has 1 N–H and O–H groups in total. The van der Waals surface area contributed by atoms with Crippen LogP contribution in [0.1, 0.15) is 11.1 Å². The van der Waals surface area contributed by atoms with E-state index >= 15 is 0 Å². The molecule has 0 saturated carbocycles. The van der Waals surface area contributed by atoms with Crippen LogP contribution >= 0.6 is 15.9 Å². The molecular weight excluding hydrogens is 340 g/mol. The maximum Gasteiger partial charge on any atom is 0.144 e. The summed E-state index contributed by atoms with van der Waals surface area (Å²) >= 11 is 3.07. The number of rotatable bonds is 6. The van der Waals surface area contributed by atoms with E-state index in [-0.39, 0.29) is 23.2 Å². The van der Waals surface area contributed by atoms with E-state index in [2.05, 4.69) is 15.9 Å². The van der Waals surface area contributed by atoms with Gasteiger partial charge < -0.3 is 5.11 Å². The minimum Gasteiger partial charge on any atom is -0.395 e. The summed E-state index contributed by atoms with van der Waals surface area (Å²) in [5.74, 6) is -1.17. The summed E-state index contributed by atoms with van der Waals surface area (Å²) in [5.41, 5.74) is 1.04. The van der Waals surface area contributed by atoms with Gasteiger partial charge in [0.1, 0.15) is 11.6 Å². The Labute approximate surface area is 131 Å². The molecule has 2 nitrogen and oxygen atoms in total. The van der Waals surface area contributed by atoms with Gasteiger partial charge in [-0.05, 0) is 33.6 Å². The molecule has 0 fully saturated rings. The van der Waals surface area contributed by atoms with Crippen LogP contribution in [0.4, 0.5) is 8.78 Å². The fourth-order valence-electron chi connectivity index (χ4n) is 2.13. The summed E-state index contributed by atoms with van der Waals surface area (Å²) in [5, 5.41) is 9.15. The average Bonchev–Trinajstić information content (AvgIpc) is 2.49. The van der Waals surface area contributed by atoms with Crippen molar-refractivity contribution in [2.75, 3.05) is 13.2 Å². The minimum atomic E-state index is -0.592. The van der Waals surface area contributed by atoms with E-state index in [1.54, 1.807) is 0 Å². The normalized spacial score (nSPS) is 11.1. The Hall–Kier alpha value is -1.30. The molecule has 0 aliphatic carbocycles. The smallest absolute Gasteiger partial charge is 0.144 e. The Morgan fingerprint density at radius 1 is 1.00 bits per heavy atom. The minimum absolute atomic E-state index is 0.00811. The van der Waals surface area contributed by atoms with Gasteiger partial charge in [-0.1, -0.05) is 30.3 Å². The van der Waals surface area contributed by atoms with Gasteiger partial charge in [0.25, 0.3) is 0 Å². The molecule has 0 radical (unpaired) electrons. The van der Waals surface area contributed by atoms with E-state index in [0.29, 0.717) is 13.1 Å². The van der Waals surface area contributed by atoms with Gasteiger partial charge >= 0.3 is 0 Å². The van der Waals surface area contributed by atoms with Crippen LogP contribution in [0.2, 0.25) is 0 Å². The molecule has 0 aliphatic rings. The summed E-state index contributed by atoms with van der Waals surface area (Å²) in [6, 6.07) is 12.2. The quantitative estimate of drug-likeness (QED) is 0.798. The molecule has 5 heteroatoms. The predicted molar refractivity (Wildman–Crippen MR) is 81.7 cm³/mol. The van der Waals surface area contributed by atoms with Gasteiger partial charge in [0.2, 0.25) is 0 Å². The lowest BCUT2D eigenvalue weighted by atomic mass is 10.1. The van der Waals surface area contributed by atoms with E-state index in [4.69, 9.17) is 5.11 Å². The molecule has 0 spiro atoms. The van der Waals surface area contributed by atoms with Gasteiger partial charge in [-0.15, -0.1) is 0 Å². The van der Waals surface area contributed by atoms with Gasteiger partial charge in [-0.25, -0.2) is 8.78 Å². The van der Waals surface area contributed by atoms with Crippen LogP contribution in [0.5, 0.6) is 0 Å². The topological polar surface area (TPSA) is 23.5 Å². The lowest BCUT2D eigenvalue weighted by Crippen LogP contribution is -2.27. The molecule has 0 saturated heterocycles. The number of benzene rings is 2. The Kier molecular flexibility index (Phi) is 5.85. The maximum atomic E-state index is 14.0. The molecule has 2 rings (SSSR count). The number of hydrogen-bond donors (Lipinski definition) is 1. The van der Waals surface area contributed by atoms with Crippen molar-refractivity contribution in [3.05, 3.63) is 69.7 Å². The molecular formula is C16H16BrF2NO. The molecule has 112 valence electrons. The van der Waals surface area contributed by atoms with E-state index < -0.39 is 11.6 Å². The standard InChI is InChI=1S/C16H16BrF2NO/c17-14-6-7-15(18)13(16(14)19)11-20(8-9-21)10-12-4-2-1-3-5-12/h1-7,21H,8-11H2. The van der Waals surface area contributed by atoms with Crippen LogP contribution in [0.3, 0.4) is 0 Å². The van der Waals surface area contributed by atoms with Gasteiger partial charge in [0.15, 0.2) is 0 Å². The number of hydrogen-bond acceptors (Lipinski definition) is 2. The molecule has 0 unspecified atom stereocenters. The molecule has 0 atom stereocenters. The van der Waals surface area contributed by atoms with Crippen molar-refractivity contribution in [2.45, 2.75) is 13.1 Å². The Balaban J connectivity index is 2.19. The molecule has 0 amide bonds. The Morgan fingerprint density at radius 3 is 2.38 bits per heavy atom. The number of aliphatic hydroxyl groups is 1. The number of aliphatic hydroxyl groups excluding tert-OH is 1. The molecule has 0 heterocycles. The SMILES string of the molecule is OCCN(Cc1ccccc1)Cc1c(F)ccc(Br)c1F. The summed E-state index contributed by atoms with van der Waals surface area (Å²) in [6.45, 7) is 0.906. The highest BCUT2D eigenvalue weighted by Crippen LogP contribution is 2.23. The predicted octanol–water partition coefficient (Wildman–Crippen LogP) is 3.72. The van der Waals surface area contributed by atoms with Crippen molar-refractivity contribution in [2.24, 2.45) is 0 Å². The van der Waals surface area contributed by atoms with Gasteiger partial charge in [0.05, 0.1) is 11.1 Å². The zero-order chi connectivity index (χ0) is 15.2. The average molecular weight is 356 g/mol. The Bertz CT molecular complexity index is 592. The lowest BCUT2D eigenvalue weighted by Gasteiger charge is -2.22. The highest BCUT2D eigenvalue weighted by atomic mass is 79.9. The third-order valence-electron chi connectivity index (χ3n) is 3.19. The van der Waals surface area contributed by atoms with Crippen LogP contribution in [0.25, 0.3) is 0 Å². The third-order valence-corrected chi connectivity index (χ3v) is 3.80. The first kappa shape index (κ1) is 16.1. The highest BCUT2D eigenvalue weighted by molar-refractivity contribution is 9.10. The molecule has 2 aromatic rings. The second-order valence-electron chi connectivity index (χ2n) is 4.74. The lowest BCUT2D eigenvalue weighted by molar-refractivity contribution is 0.181. The monoisotopic (exact) mass is 355 g/mol. The van der Waals surface area contributed by atoms with Crippen LogP contribution in [0, 0.1) is 11.6 Å².